The Kier molecular flexibility index (Phi) is 4.91. The van der Waals surface area contributed by atoms with E-state index in [1.54, 1.807) is 6.92 Å². The molecular weight excluding hydrogens is 280 g/mol. The van der Waals surface area contributed by atoms with Crippen LogP contribution in [-0.2, 0) is 26.4 Å². The molecule has 0 saturated heterocycles. The maximum absolute atomic E-state index is 11.2. The number of primary sulfonamides is 1. The van der Waals surface area contributed by atoms with Crippen molar-refractivity contribution in [1.29, 1.82) is 0 Å². The molecule has 0 unspecified atom stereocenters. The average Bonchev–Trinajstić information content (AvgIpc) is 2.73. The minimum atomic E-state index is -3.83. The Labute approximate surface area is 106 Å². The van der Waals surface area contributed by atoms with Crippen molar-refractivity contribution in [3.05, 3.63) is 17.9 Å². The highest BCUT2D eigenvalue weighted by Crippen LogP contribution is 2.11. The van der Waals surface area contributed by atoms with Crippen LogP contribution in [0.25, 0.3) is 0 Å². The lowest BCUT2D eigenvalue weighted by atomic mass is 10.4. The van der Waals surface area contributed by atoms with E-state index in [4.69, 9.17) is 9.56 Å². The van der Waals surface area contributed by atoms with Crippen LogP contribution in [0.2, 0.25) is 0 Å². The zero-order chi connectivity index (χ0) is 13.8. The third-order valence-corrected chi connectivity index (χ3v) is 4.73. The number of rotatable bonds is 7. The second-order valence-corrected chi connectivity index (χ2v) is 7.64. The molecule has 0 radical (unpaired) electrons. The Morgan fingerprint density at radius 1 is 1.28 bits per heavy atom. The van der Waals surface area contributed by atoms with Crippen molar-refractivity contribution in [3.8, 4) is 0 Å². The molecule has 1 heterocycles. The molecule has 104 valence electrons. The Morgan fingerprint density at radius 3 is 2.44 bits per heavy atom. The van der Waals surface area contributed by atoms with Gasteiger partial charge in [-0.1, -0.05) is 6.92 Å². The molecule has 7 nitrogen and oxygen atoms in total. The lowest BCUT2D eigenvalue weighted by molar-refractivity contribution is 0.404. The summed E-state index contributed by atoms with van der Waals surface area (Å²) in [6.07, 6.45) is 0. The Morgan fingerprint density at radius 2 is 1.94 bits per heavy atom. The quantitative estimate of drug-likeness (QED) is 0.652. The largest absolute Gasteiger partial charge is 0.447 e. The van der Waals surface area contributed by atoms with E-state index < -0.39 is 19.9 Å². The normalized spacial score (nSPS) is 12.8. The van der Waals surface area contributed by atoms with Gasteiger partial charge in [0.2, 0.25) is 5.09 Å². The van der Waals surface area contributed by atoms with Gasteiger partial charge < -0.3 is 9.73 Å². The van der Waals surface area contributed by atoms with Crippen LogP contribution in [0.4, 0.5) is 0 Å². The zero-order valence-corrected chi connectivity index (χ0v) is 11.6. The summed E-state index contributed by atoms with van der Waals surface area (Å²) < 4.78 is 49.2. The fraction of sp³-hybridized carbons (Fsp3) is 0.556. The van der Waals surface area contributed by atoms with Crippen molar-refractivity contribution in [3.63, 3.8) is 0 Å². The molecule has 3 N–H and O–H groups in total. The van der Waals surface area contributed by atoms with Gasteiger partial charge in [0.1, 0.15) is 5.76 Å². The second-order valence-electron chi connectivity index (χ2n) is 3.68. The standard InChI is InChI=1S/C9H16N2O5S2/c1-2-17(12,13)6-5-11-7-8-3-4-9(16-8)18(10,14)15/h3-4,11H,2,5-7H2,1H3,(H2,10,14,15). The Hall–Kier alpha value is -0.900. The van der Waals surface area contributed by atoms with Crippen LogP contribution in [0.5, 0.6) is 0 Å². The third kappa shape index (κ3) is 4.77. The molecule has 1 rings (SSSR count). The van der Waals surface area contributed by atoms with E-state index in [1.807, 2.05) is 0 Å². The number of nitrogens with two attached hydrogens (primary N) is 1. The molecule has 9 heteroatoms. The first-order chi connectivity index (χ1) is 8.24. The van der Waals surface area contributed by atoms with E-state index >= 15 is 0 Å². The van der Waals surface area contributed by atoms with Gasteiger partial charge in [0.25, 0.3) is 10.0 Å². The van der Waals surface area contributed by atoms with Crippen LogP contribution < -0.4 is 10.5 Å². The van der Waals surface area contributed by atoms with Crippen LogP contribution in [0, 0.1) is 0 Å². The summed E-state index contributed by atoms with van der Waals surface area (Å²) in [7, 11) is -6.83. The number of hydrogen-bond donors (Lipinski definition) is 2. The van der Waals surface area contributed by atoms with E-state index in [0.29, 0.717) is 5.76 Å². The summed E-state index contributed by atoms with van der Waals surface area (Å²) in [5.74, 6) is 0.518. The van der Waals surface area contributed by atoms with Gasteiger partial charge in [-0.05, 0) is 12.1 Å². The van der Waals surface area contributed by atoms with Crippen LogP contribution in [-0.4, -0.2) is 34.9 Å². The third-order valence-electron chi connectivity index (χ3n) is 2.25. The van der Waals surface area contributed by atoms with Crippen molar-refractivity contribution in [1.82, 2.24) is 5.32 Å². The monoisotopic (exact) mass is 296 g/mol. The number of nitrogens with one attached hydrogen (secondary N) is 1. The van der Waals surface area contributed by atoms with Crippen molar-refractivity contribution in [2.45, 2.75) is 18.6 Å². The lowest BCUT2D eigenvalue weighted by Crippen LogP contribution is -2.23. The molecule has 18 heavy (non-hydrogen) atoms. The molecule has 0 saturated carbocycles. The fourth-order valence-corrected chi connectivity index (χ4v) is 2.41. The summed E-state index contributed by atoms with van der Waals surface area (Å²) in [6.45, 7) is 2.11. The van der Waals surface area contributed by atoms with E-state index in [0.717, 1.165) is 0 Å². The highest BCUT2D eigenvalue weighted by molar-refractivity contribution is 7.91. The van der Waals surface area contributed by atoms with Crippen LogP contribution in [0.15, 0.2) is 21.6 Å². The van der Waals surface area contributed by atoms with E-state index in [-0.39, 0.29) is 29.7 Å². The first-order valence-electron chi connectivity index (χ1n) is 5.27. The van der Waals surface area contributed by atoms with Gasteiger partial charge in [-0.3, -0.25) is 0 Å². The molecule has 0 atom stereocenters. The summed E-state index contributed by atoms with van der Waals surface area (Å²) in [5, 5.41) is 7.42. The van der Waals surface area contributed by atoms with Gasteiger partial charge in [0, 0.05) is 12.3 Å². The zero-order valence-electron chi connectivity index (χ0n) is 9.92. The molecule has 0 fully saturated rings. The van der Waals surface area contributed by atoms with Gasteiger partial charge in [-0.2, -0.15) is 0 Å². The molecule has 0 spiro atoms. The van der Waals surface area contributed by atoms with Crippen molar-refractivity contribution >= 4 is 19.9 Å². The van der Waals surface area contributed by atoms with Crippen LogP contribution in [0.3, 0.4) is 0 Å². The molecule has 1 aromatic rings. The molecular formula is C9H16N2O5S2. The first-order valence-corrected chi connectivity index (χ1v) is 8.64. The molecule has 0 amide bonds. The molecule has 0 aromatic carbocycles. The Balaban J connectivity index is 2.44. The van der Waals surface area contributed by atoms with E-state index in [1.165, 1.54) is 12.1 Å². The summed E-state index contributed by atoms with van der Waals surface area (Å²) in [6, 6.07) is 2.73. The van der Waals surface area contributed by atoms with Gasteiger partial charge in [-0.15, -0.1) is 0 Å². The fourth-order valence-electron chi connectivity index (χ4n) is 1.19. The summed E-state index contributed by atoms with van der Waals surface area (Å²) in [4.78, 5) is 0. The van der Waals surface area contributed by atoms with E-state index in [9.17, 15) is 16.8 Å². The van der Waals surface area contributed by atoms with Crippen molar-refractivity contribution < 1.29 is 21.3 Å². The van der Waals surface area contributed by atoms with Crippen molar-refractivity contribution in [2.75, 3.05) is 18.1 Å². The van der Waals surface area contributed by atoms with E-state index in [2.05, 4.69) is 5.32 Å². The maximum atomic E-state index is 11.2. The van der Waals surface area contributed by atoms with Gasteiger partial charge in [0.05, 0.1) is 12.3 Å². The van der Waals surface area contributed by atoms with Crippen LogP contribution in [0.1, 0.15) is 12.7 Å². The smallest absolute Gasteiger partial charge is 0.271 e. The maximum Gasteiger partial charge on any atom is 0.271 e. The van der Waals surface area contributed by atoms with Gasteiger partial charge in [0.15, 0.2) is 9.84 Å². The summed E-state index contributed by atoms with van der Waals surface area (Å²) >= 11 is 0. The molecule has 0 aliphatic heterocycles. The Bertz CT molecular complexity index is 588. The van der Waals surface area contributed by atoms with Crippen LogP contribution >= 0.6 is 0 Å². The number of sulfonamides is 1. The molecule has 0 aliphatic carbocycles. The average molecular weight is 296 g/mol. The minimum absolute atomic E-state index is 0.0340. The predicted octanol–water partition coefficient (Wildman–Crippen LogP) is -0.549. The SMILES string of the molecule is CCS(=O)(=O)CCNCc1ccc(S(N)(=O)=O)o1. The molecule has 1 aromatic heterocycles. The molecule has 0 aliphatic rings. The highest BCUT2D eigenvalue weighted by Gasteiger charge is 2.13. The van der Waals surface area contributed by atoms with Gasteiger partial charge in [-0.25, -0.2) is 22.0 Å². The minimum Gasteiger partial charge on any atom is -0.447 e. The molecule has 0 bridgehead atoms. The number of sulfone groups is 1. The number of hydrogen-bond acceptors (Lipinski definition) is 6. The topological polar surface area (TPSA) is 119 Å². The summed E-state index contributed by atoms with van der Waals surface area (Å²) in [5.41, 5.74) is 0. The van der Waals surface area contributed by atoms with Gasteiger partial charge >= 0.3 is 0 Å². The lowest BCUT2D eigenvalue weighted by Gasteiger charge is -2.02. The first kappa shape index (κ1) is 15.2. The highest BCUT2D eigenvalue weighted by atomic mass is 32.2. The predicted molar refractivity (Wildman–Crippen MR) is 66.1 cm³/mol. The number of furan rings is 1. The van der Waals surface area contributed by atoms with Crippen molar-refractivity contribution in [2.24, 2.45) is 5.14 Å². The second kappa shape index (κ2) is 5.83.